The Labute approximate surface area is 201 Å². The van der Waals surface area contributed by atoms with Gasteiger partial charge in [0.2, 0.25) is 11.9 Å². The maximum Gasteiger partial charge on any atom is 0.328 e. The zero-order valence-corrected chi connectivity index (χ0v) is 20.2. The second-order valence-electron chi connectivity index (χ2n) is 8.58. The number of anilines is 3. The van der Waals surface area contributed by atoms with E-state index in [0.717, 1.165) is 35.4 Å². The quantitative estimate of drug-likeness (QED) is 0.355. The van der Waals surface area contributed by atoms with Crippen LogP contribution in [0.1, 0.15) is 56.6 Å². The Morgan fingerprint density at radius 3 is 2.32 bits per heavy atom. The predicted molar refractivity (Wildman–Crippen MR) is 137 cm³/mol. The van der Waals surface area contributed by atoms with Gasteiger partial charge in [-0.05, 0) is 68.1 Å². The molecule has 0 spiro atoms. The smallest absolute Gasteiger partial charge is 0.328 e. The number of nitrogens with one attached hydrogen (secondary N) is 2. The Kier molecular flexibility index (Phi) is 7.96. The number of ether oxygens (including phenoxy) is 2. The zero-order chi connectivity index (χ0) is 23.8. The summed E-state index contributed by atoms with van der Waals surface area (Å²) in [6, 6.07) is 14.3. The van der Waals surface area contributed by atoms with Crippen molar-refractivity contribution in [3.05, 3.63) is 59.7 Å². The molecule has 0 atom stereocenters. The van der Waals surface area contributed by atoms with Gasteiger partial charge in [-0.3, -0.25) is 0 Å². The van der Waals surface area contributed by atoms with Crippen molar-refractivity contribution < 1.29 is 9.47 Å². The van der Waals surface area contributed by atoms with Crippen LogP contribution in [0.4, 0.5) is 17.6 Å². The van der Waals surface area contributed by atoms with Crippen molar-refractivity contribution in [2.24, 2.45) is 0 Å². The first-order valence-electron chi connectivity index (χ1n) is 12.0. The van der Waals surface area contributed by atoms with Gasteiger partial charge in [0, 0.05) is 11.7 Å². The summed E-state index contributed by atoms with van der Waals surface area (Å²) in [6.45, 7) is 4.00. The topological polar surface area (TPSA) is 81.2 Å². The van der Waals surface area contributed by atoms with Gasteiger partial charge in [0.25, 0.3) is 0 Å². The summed E-state index contributed by atoms with van der Waals surface area (Å²) in [6.07, 6.45) is 11.3. The summed E-state index contributed by atoms with van der Waals surface area (Å²) >= 11 is 0. The maximum atomic E-state index is 6.02. The van der Waals surface area contributed by atoms with E-state index < -0.39 is 0 Å². The van der Waals surface area contributed by atoms with Crippen LogP contribution in [-0.2, 0) is 0 Å². The van der Waals surface area contributed by atoms with Crippen LogP contribution in [0.5, 0.6) is 17.5 Å². The summed E-state index contributed by atoms with van der Waals surface area (Å²) in [7, 11) is 1.67. The molecule has 1 aliphatic carbocycles. The summed E-state index contributed by atoms with van der Waals surface area (Å²) in [5.74, 6) is 2.46. The molecular formula is C27H33N5O2. The lowest BCUT2D eigenvalue weighted by Crippen LogP contribution is -2.20. The number of hydrogen-bond donors (Lipinski definition) is 2. The average Bonchev–Trinajstić information content (AvgIpc) is 3.09. The van der Waals surface area contributed by atoms with Gasteiger partial charge in [-0.25, -0.2) is 0 Å². The van der Waals surface area contributed by atoms with Crippen molar-refractivity contribution in [3.8, 4) is 17.5 Å². The number of nitrogens with zero attached hydrogens (tertiary/aromatic N) is 3. The molecule has 1 fully saturated rings. The van der Waals surface area contributed by atoms with E-state index in [9.17, 15) is 0 Å². The van der Waals surface area contributed by atoms with Crippen LogP contribution in [0.2, 0.25) is 0 Å². The van der Waals surface area contributed by atoms with E-state index in [2.05, 4.69) is 25.6 Å². The average molecular weight is 460 g/mol. The number of rotatable bonds is 8. The Bertz CT molecular complexity index is 1110. The monoisotopic (exact) mass is 459 g/mol. The van der Waals surface area contributed by atoms with E-state index >= 15 is 0 Å². The Balaban J connectivity index is 1.59. The van der Waals surface area contributed by atoms with Crippen LogP contribution in [-0.4, -0.2) is 28.1 Å². The van der Waals surface area contributed by atoms with Crippen LogP contribution >= 0.6 is 0 Å². The lowest BCUT2D eigenvalue weighted by Gasteiger charge is -2.17. The molecule has 2 aromatic carbocycles. The fourth-order valence-corrected chi connectivity index (χ4v) is 4.16. The van der Waals surface area contributed by atoms with Gasteiger partial charge in [-0.1, -0.05) is 50.0 Å². The minimum Gasteiger partial charge on any atom is -0.496 e. The van der Waals surface area contributed by atoms with Gasteiger partial charge in [-0.2, -0.15) is 15.0 Å². The molecule has 0 unspecified atom stereocenters. The number of benzene rings is 2. The second-order valence-corrected chi connectivity index (χ2v) is 8.58. The van der Waals surface area contributed by atoms with E-state index in [1.807, 2.05) is 68.5 Å². The van der Waals surface area contributed by atoms with Gasteiger partial charge in [0.15, 0.2) is 0 Å². The molecule has 7 heteroatoms. The number of methoxy groups -OCH3 is 1. The minimum atomic E-state index is 0.248. The van der Waals surface area contributed by atoms with E-state index in [-0.39, 0.29) is 6.01 Å². The molecule has 0 amide bonds. The van der Waals surface area contributed by atoms with E-state index in [0.29, 0.717) is 23.7 Å². The SMILES string of the molecule is C/C=C/c1ccc(Oc2nc(Nc3ccc(OC)c(C)c3)nc(NC3CCCCCC3)n2)cc1. The number of hydrogen-bond acceptors (Lipinski definition) is 7. The molecule has 34 heavy (non-hydrogen) atoms. The van der Waals surface area contributed by atoms with E-state index in [1.54, 1.807) is 7.11 Å². The first-order valence-corrected chi connectivity index (χ1v) is 12.0. The van der Waals surface area contributed by atoms with Crippen LogP contribution in [0.25, 0.3) is 6.08 Å². The summed E-state index contributed by atoms with van der Waals surface area (Å²) < 4.78 is 11.4. The largest absolute Gasteiger partial charge is 0.496 e. The lowest BCUT2D eigenvalue weighted by atomic mass is 10.1. The molecule has 1 heterocycles. The van der Waals surface area contributed by atoms with E-state index in [1.165, 1.54) is 25.7 Å². The van der Waals surface area contributed by atoms with Gasteiger partial charge in [-0.15, -0.1) is 0 Å². The van der Waals surface area contributed by atoms with Crippen molar-refractivity contribution >= 4 is 23.7 Å². The summed E-state index contributed by atoms with van der Waals surface area (Å²) in [4.78, 5) is 13.7. The van der Waals surface area contributed by atoms with Gasteiger partial charge >= 0.3 is 6.01 Å². The van der Waals surface area contributed by atoms with Gasteiger partial charge < -0.3 is 20.1 Å². The molecule has 178 valence electrons. The standard InChI is InChI=1S/C27H33N5O2/c1-4-9-20-12-15-23(16-13-20)34-27-31-25(28-21-10-7-5-6-8-11-21)30-26(32-27)29-22-14-17-24(33-3)19(2)18-22/h4,9,12-18,21H,5-8,10-11H2,1-3H3,(H2,28,29,30,31,32)/b9-4+. The third-order valence-electron chi connectivity index (χ3n) is 5.90. The fraction of sp³-hybridized carbons (Fsp3) is 0.370. The molecule has 1 aromatic heterocycles. The highest BCUT2D eigenvalue weighted by atomic mass is 16.5. The number of aromatic nitrogens is 3. The number of allylic oxidation sites excluding steroid dienone is 1. The minimum absolute atomic E-state index is 0.248. The summed E-state index contributed by atoms with van der Waals surface area (Å²) in [5.41, 5.74) is 3.00. The second kappa shape index (κ2) is 11.5. The third kappa shape index (κ3) is 6.47. The highest BCUT2D eigenvalue weighted by Crippen LogP contribution is 2.26. The fourth-order valence-electron chi connectivity index (χ4n) is 4.16. The van der Waals surface area contributed by atoms with Crippen molar-refractivity contribution in [1.29, 1.82) is 0 Å². The summed E-state index contributed by atoms with van der Waals surface area (Å²) in [5, 5.41) is 6.81. The van der Waals surface area contributed by atoms with Crippen LogP contribution < -0.4 is 20.1 Å². The molecule has 7 nitrogen and oxygen atoms in total. The molecule has 1 aliphatic rings. The first-order chi connectivity index (χ1) is 16.6. The predicted octanol–water partition coefficient (Wildman–Crippen LogP) is 6.89. The third-order valence-corrected chi connectivity index (χ3v) is 5.90. The molecule has 0 saturated heterocycles. The molecule has 1 saturated carbocycles. The van der Waals surface area contributed by atoms with Crippen LogP contribution in [0, 0.1) is 6.92 Å². The van der Waals surface area contributed by atoms with E-state index in [4.69, 9.17) is 9.47 Å². The Hall–Kier alpha value is -3.61. The molecule has 3 aromatic rings. The maximum absolute atomic E-state index is 6.02. The van der Waals surface area contributed by atoms with Crippen LogP contribution in [0.3, 0.4) is 0 Å². The van der Waals surface area contributed by atoms with Crippen molar-refractivity contribution in [3.63, 3.8) is 0 Å². The lowest BCUT2D eigenvalue weighted by molar-refractivity contribution is 0.412. The van der Waals surface area contributed by atoms with Crippen molar-refractivity contribution in [1.82, 2.24) is 15.0 Å². The normalized spacial score (nSPS) is 14.6. The van der Waals surface area contributed by atoms with Gasteiger partial charge in [0.1, 0.15) is 11.5 Å². The zero-order valence-electron chi connectivity index (χ0n) is 20.2. The highest BCUT2D eigenvalue weighted by Gasteiger charge is 2.16. The first kappa shape index (κ1) is 23.5. The van der Waals surface area contributed by atoms with Crippen molar-refractivity contribution in [2.75, 3.05) is 17.7 Å². The molecular weight excluding hydrogens is 426 g/mol. The molecule has 0 bridgehead atoms. The van der Waals surface area contributed by atoms with Crippen LogP contribution in [0.15, 0.2) is 48.5 Å². The molecule has 0 radical (unpaired) electrons. The highest BCUT2D eigenvalue weighted by molar-refractivity contribution is 5.58. The Morgan fingerprint density at radius 2 is 1.65 bits per heavy atom. The van der Waals surface area contributed by atoms with Crippen molar-refractivity contribution in [2.45, 2.75) is 58.4 Å². The Morgan fingerprint density at radius 1 is 0.912 bits per heavy atom. The number of aryl methyl sites for hydroxylation is 1. The molecule has 2 N–H and O–H groups in total. The molecule has 0 aliphatic heterocycles. The molecule has 4 rings (SSSR count). The van der Waals surface area contributed by atoms with Gasteiger partial charge in [0.05, 0.1) is 7.11 Å².